The summed E-state index contributed by atoms with van der Waals surface area (Å²) in [6, 6.07) is 1.92. The molecule has 5 nitrogen and oxygen atoms in total. The van der Waals surface area contributed by atoms with Crippen molar-refractivity contribution < 1.29 is 19.4 Å². The lowest BCUT2D eigenvalue weighted by Crippen LogP contribution is -2.17. The fraction of sp³-hybridized carbons (Fsp3) is 0.385. The lowest BCUT2D eigenvalue weighted by molar-refractivity contribution is -0.139. The van der Waals surface area contributed by atoms with Gasteiger partial charge in [-0.2, -0.15) is 0 Å². The number of aliphatic carboxylic acids is 1. The van der Waals surface area contributed by atoms with E-state index in [0.717, 1.165) is 16.7 Å². The second kappa shape index (κ2) is 5.53. The maximum absolute atomic E-state index is 11.5. The largest absolute Gasteiger partial charge is 0.494 e. The van der Waals surface area contributed by atoms with Gasteiger partial charge in [0.05, 0.1) is 12.8 Å². The minimum atomic E-state index is -1.16. The van der Waals surface area contributed by atoms with Gasteiger partial charge in [-0.3, -0.25) is 9.59 Å². The van der Waals surface area contributed by atoms with Crippen molar-refractivity contribution in [3.8, 4) is 5.75 Å². The first-order chi connectivity index (χ1) is 8.36. The lowest BCUT2D eigenvalue weighted by atomic mass is 10.0. The maximum Gasteiger partial charge on any atom is 0.312 e. The van der Waals surface area contributed by atoms with Crippen LogP contribution in [-0.4, -0.2) is 24.1 Å². The van der Waals surface area contributed by atoms with Crippen molar-refractivity contribution >= 4 is 17.6 Å². The molecule has 0 heterocycles. The number of carboxylic acid groups (broad SMARTS) is 1. The number of benzene rings is 1. The van der Waals surface area contributed by atoms with Crippen LogP contribution in [0.15, 0.2) is 6.07 Å². The molecule has 1 aromatic rings. The van der Waals surface area contributed by atoms with Crippen LogP contribution < -0.4 is 10.1 Å². The fourth-order valence-corrected chi connectivity index (χ4v) is 1.78. The van der Waals surface area contributed by atoms with Crippen LogP contribution in [0.25, 0.3) is 0 Å². The molecule has 0 saturated heterocycles. The highest BCUT2D eigenvalue weighted by molar-refractivity contribution is 6.02. The van der Waals surface area contributed by atoms with E-state index in [1.807, 2.05) is 26.8 Å². The molecule has 0 aliphatic carbocycles. The van der Waals surface area contributed by atoms with Gasteiger partial charge < -0.3 is 15.2 Å². The average molecular weight is 251 g/mol. The second-order valence-corrected chi connectivity index (χ2v) is 4.16. The predicted octanol–water partition coefficient (Wildman–Crippen LogP) is 2.03. The van der Waals surface area contributed by atoms with E-state index < -0.39 is 18.3 Å². The van der Waals surface area contributed by atoms with Crippen molar-refractivity contribution in [2.45, 2.75) is 27.2 Å². The highest BCUT2D eigenvalue weighted by Crippen LogP contribution is 2.34. The van der Waals surface area contributed by atoms with Crippen LogP contribution in [0.4, 0.5) is 5.69 Å². The molecule has 0 bridgehead atoms. The standard InChI is InChI=1S/C13H17NO4/c1-7-5-8(2)12(13(18-4)9(7)3)14-10(15)6-11(16)17/h5H,6H2,1-4H3,(H,14,15)(H,16,17). The van der Waals surface area contributed by atoms with E-state index in [4.69, 9.17) is 9.84 Å². The van der Waals surface area contributed by atoms with Crippen molar-refractivity contribution in [2.24, 2.45) is 0 Å². The van der Waals surface area contributed by atoms with Crippen molar-refractivity contribution in [1.29, 1.82) is 0 Å². The molecule has 0 spiro atoms. The van der Waals surface area contributed by atoms with Crippen LogP contribution >= 0.6 is 0 Å². The van der Waals surface area contributed by atoms with Crippen LogP contribution in [0, 0.1) is 20.8 Å². The van der Waals surface area contributed by atoms with Crippen molar-refractivity contribution in [3.63, 3.8) is 0 Å². The van der Waals surface area contributed by atoms with E-state index in [1.165, 1.54) is 7.11 Å². The summed E-state index contributed by atoms with van der Waals surface area (Å²) in [5.74, 6) is -1.15. The number of aryl methyl sites for hydroxylation is 2. The maximum atomic E-state index is 11.5. The quantitative estimate of drug-likeness (QED) is 0.803. The SMILES string of the molecule is COc1c(C)c(C)cc(C)c1NC(=O)CC(=O)O. The van der Waals surface area contributed by atoms with E-state index in [9.17, 15) is 9.59 Å². The Kier molecular flexibility index (Phi) is 4.31. The van der Waals surface area contributed by atoms with Gasteiger partial charge in [-0.1, -0.05) is 6.07 Å². The van der Waals surface area contributed by atoms with Crippen LogP contribution in [0.3, 0.4) is 0 Å². The van der Waals surface area contributed by atoms with Gasteiger partial charge in [-0.05, 0) is 37.5 Å². The van der Waals surface area contributed by atoms with Crippen LogP contribution in [0.2, 0.25) is 0 Å². The summed E-state index contributed by atoms with van der Waals surface area (Å²) in [5.41, 5.74) is 3.36. The molecule has 0 atom stereocenters. The van der Waals surface area contributed by atoms with Crippen molar-refractivity contribution in [1.82, 2.24) is 0 Å². The molecular weight excluding hydrogens is 234 g/mol. The van der Waals surface area contributed by atoms with Crippen LogP contribution in [0.1, 0.15) is 23.1 Å². The summed E-state index contributed by atoms with van der Waals surface area (Å²) in [4.78, 5) is 22.0. The molecule has 0 aliphatic heterocycles. The molecule has 2 N–H and O–H groups in total. The number of amides is 1. The monoisotopic (exact) mass is 251 g/mol. The number of carbonyl (C=O) groups excluding carboxylic acids is 1. The number of carbonyl (C=O) groups is 2. The smallest absolute Gasteiger partial charge is 0.312 e. The van der Waals surface area contributed by atoms with Gasteiger partial charge in [0.2, 0.25) is 5.91 Å². The van der Waals surface area contributed by atoms with E-state index in [2.05, 4.69) is 5.32 Å². The number of hydrogen-bond acceptors (Lipinski definition) is 3. The Labute approximate surface area is 106 Å². The molecule has 0 fully saturated rings. The number of ether oxygens (including phenoxy) is 1. The molecule has 1 rings (SSSR count). The van der Waals surface area contributed by atoms with E-state index in [0.29, 0.717) is 11.4 Å². The first-order valence-electron chi connectivity index (χ1n) is 5.53. The Morgan fingerprint density at radius 1 is 1.28 bits per heavy atom. The van der Waals surface area contributed by atoms with Gasteiger partial charge >= 0.3 is 5.97 Å². The zero-order valence-electron chi connectivity index (χ0n) is 11.0. The normalized spacial score (nSPS) is 10.0. The Balaban J connectivity index is 3.12. The Morgan fingerprint density at radius 2 is 1.89 bits per heavy atom. The molecule has 0 unspecified atom stereocenters. The Hall–Kier alpha value is -2.04. The molecule has 98 valence electrons. The predicted molar refractivity (Wildman–Crippen MR) is 68.1 cm³/mol. The summed E-state index contributed by atoms with van der Waals surface area (Å²) in [6.45, 7) is 5.68. The third-order valence-electron chi connectivity index (χ3n) is 2.77. The zero-order valence-corrected chi connectivity index (χ0v) is 11.0. The molecule has 5 heteroatoms. The minimum Gasteiger partial charge on any atom is -0.494 e. The molecule has 18 heavy (non-hydrogen) atoms. The first kappa shape index (κ1) is 14.0. The molecule has 0 aliphatic rings. The molecule has 1 aromatic carbocycles. The molecule has 0 radical (unpaired) electrons. The average Bonchev–Trinajstić information content (AvgIpc) is 2.25. The summed E-state index contributed by atoms with van der Waals surface area (Å²) in [6.07, 6.45) is -0.560. The fourth-order valence-electron chi connectivity index (χ4n) is 1.78. The third-order valence-corrected chi connectivity index (χ3v) is 2.77. The van der Waals surface area contributed by atoms with Gasteiger partial charge in [0.15, 0.2) is 0 Å². The number of nitrogens with one attached hydrogen (secondary N) is 1. The van der Waals surface area contributed by atoms with Crippen molar-refractivity contribution in [2.75, 3.05) is 12.4 Å². The number of hydrogen-bond donors (Lipinski definition) is 2. The number of methoxy groups -OCH3 is 1. The van der Waals surface area contributed by atoms with E-state index in [1.54, 1.807) is 0 Å². The first-order valence-corrected chi connectivity index (χ1v) is 5.53. The Bertz CT molecular complexity index is 494. The van der Waals surface area contributed by atoms with Crippen LogP contribution in [-0.2, 0) is 9.59 Å². The van der Waals surface area contributed by atoms with E-state index in [-0.39, 0.29) is 0 Å². The summed E-state index contributed by atoms with van der Waals surface area (Å²) >= 11 is 0. The minimum absolute atomic E-state index is 0.534. The molecular formula is C13H17NO4. The van der Waals surface area contributed by atoms with Gasteiger partial charge in [0.1, 0.15) is 12.2 Å². The summed E-state index contributed by atoms with van der Waals surface area (Å²) in [7, 11) is 1.52. The second-order valence-electron chi connectivity index (χ2n) is 4.16. The van der Waals surface area contributed by atoms with Gasteiger partial charge in [0, 0.05) is 0 Å². The molecule has 1 amide bonds. The Morgan fingerprint density at radius 3 is 2.39 bits per heavy atom. The third kappa shape index (κ3) is 3.00. The summed E-state index contributed by atoms with van der Waals surface area (Å²) < 4.78 is 5.28. The van der Waals surface area contributed by atoms with Crippen LogP contribution in [0.5, 0.6) is 5.75 Å². The highest BCUT2D eigenvalue weighted by Gasteiger charge is 2.16. The topological polar surface area (TPSA) is 75.6 Å². The number of anilines is 1. The summed E-state index contributed by atoms with van der Waals surface area (Å²) in [5, 5.41) is 11.1. The highest BCUT2D eigenvalue weighted by atomic mass is 16.5. The number of rotatable bonds is 4. The lowest BCUT2D eigenvalue weighted by Gasteiger charge is -2.16. The zero-order chi connectivity index (χ0) is 13.9. The van der Waals surface area contributed by atoms with Gasteiger partial charge in [-0.25, -0.2) is 0 Å². The van der Waals surface area contributed by atoms with Crippen molar-refractivity contribution in [3.05, 3.63) is 22.8 Å². The van der Waals surface area contributed by atoms with E-state index >= 15 is 0 Å². The number of carboxylic acids is 1. The van der Waals surface area contributed by atoms with Gasteiger partial charge in [0.25, 0.3) is 0 Å². The molecule has 0 aromatic heterocycles. The molecule has 0 saturated carbocycles. The van der Waals surface area contributed by atoms with Gasteiger partial charge in [-0.15, -0.1) is 0 Å².